The number of carbonyl (C=O) groups is 2. The molecule has 8 nitrogen and oxygen atoms in total. The summed E-state index contributed by atoms with van der Waals surface area (Å²) < 4.78 is 8.36. The van der Waals surface area contributed by atoms with Gasteiger partial charge >= 0.3 is 0 Å². The van der Waals surface area contributed by atoms with Crippen molar-refractivity contribution in [2.45, 2.75) is 70.7 Å². The van der Waals surface area contributed by atoms with E-state index in [0.717, 1.165) is 48.1 Å². The maximum absolute atomic E-state index is 13.4. The monoisotopic (exact) mass is 489 g/mol. The van der Waals surface area contributed by atoms with Crippen molar-refractivity contribution < 1.29 is 14.3 Å². The summed E-state index contributed by atoms with van der Waals surface area (Å²) in [6.45, 7) is 3.96. The van der Waals surface area contributed by atoms with E-state index in [1.165, 1.54) is 6.42 Å². The Balaban J connectivity index is 1.29. The highest BCUT2D eigenvalue weighted by Crippen LogP contribution is 2.25. The summed E-state index contributed by atoms with van der Waals surface area (Å²) in [7, 11) is 0. The molecular weight excluding hydrogens is 454 g/mol. The molecule has 3 heterocycles. The first-order chi connectivity index (χ1) is 17.6. The summed E-state index contributed by atoms with van der Waals surface area (Å²) in [6.07, 6.45) is 9.20. The molecule has 1 saturated heterocycles. The van der Waals surface area contributed by atoms with Crippen LogP contribution in [0.15, 0.2) is 48.8 Å². The molecule has 1 aliphatic carbocycles. The molecule has 5 rings (SSSR count). The lowest BCUT2D eigenvalue weighted by Crippen LogP contribution is -2.46. The van der Waals surface area contributed by atoms with E-state index in [1.54, 1.807) is 17.3 Å². The van der Waals surface area contributed by atoms with Crippen molar-refractivity contribution in [1.82, 2.24) is 24.3 Å². The molecule has 0 spiro atoms. The Morgan fingerprint density at radius 2 is 1.92 bits per heavy atom. The van der Waals surface area contributed by atoms with Crippen LogP contribution in [-0.4, -0.2) is 67.9 Å². The third kappa shape index (κ3) is 5.59. The van der Waals surface area contributed by atoms with Crippen LogP contribution in [0.25, 0.3) is 11.0 Å². The molecule has 0 radical (unpaired) electrons. The molecule has 2 aliphatic rings. The highest BCUT2D eigenvalue weighted by atomic mass is 16.5. The van der Waals surface area contributed by atoms with E-state index >= 15 is 0 Å². The van der Waals surface area contributed by atoms with Crippen LogP contribution in [0.2, 0.25) is 0 Å². The van der Waals surface area contributed by atoms with Crippen molar-refractivity contribution in [3.8, 4) is 0 Å². The predicted octanol–water partition coefficient (Wildman–Crippen LogP) is 3.72. The van der Waals surface area contributed by atoms with Gasteiger partial charge in [-0.3, -0.25) is 14.6 Å². The van der Waals surface area contributed by atoms with Gasteiger partial charge in [0.2, 0.25) is 11.8 Å². The maximum atomic E-state index is 13.4. The van der Waals surface area contributed by atoms with Gasteiger partial charge in [-0.1, -0.05) is 37.5 Å². The molecule has 8 heteroatoms. The Labute approximate surface area is 212 Å². The van der Waals surface area contributed by atoms with Crippen LogP contribution in [0.3, 0.4) is 0 Å². The van der Waals surface area contributed by atoms with Gasteiger partial charge in [-0.15, -0.1) is 0 Å². The number of aryl methyl sites for hydroxylation is 2. The Morgan fingerprint density at radius 3 is 2.72 bits per heavy atom. The third-order valence-corrected chi connectivity index (χ3v) is 7.44. The fraction of sp³-hybridized carbons (Fsp3) is 0.500. The Kier molecular flexibility index (Phi) is 7.60. The van der Waals surface area contributed by atoms with E-state index in [4.69, 9.17) is 4.74 Å². The van der Waals surface area contributed by atoms with Gasteiger partial charge in [0, 0.05) is 44.5 Å². The quantitative estimate of drug-likeness (QED) is 0.505. The number of para-hydroxylation sites is 2. The summed E-state index contributed by atoms with van der Waals surface area (Å²) in [6, 6.07) is 12.1. The number of carbonyl (C=O) groups excluding carboxylic acids is 2. The first-order valence-electron chi connectivity index (χ1n) is 13.1. The summed E-state index contributed by atoms with van der Waals surface area (Å²) in [4.78, 5) is 39.2. The van der Waals surface area contributed by atoms with Gasteiger partial charge in [-0.05, 0) is 43.5 Å². The molecule has 0 N–H and O–H groups in total. The van der Waals surface area contributed by atoms with Crippen LogP contribution in [0.5, 0.6) is 0 Å². The Morgan fingerprint density at radius 1 is 1.08 bits per heavy atom. The largest absolute Gasteiger partial charge is 0.370 e. The van der Waals surface area contributed by atoms with Gasteiger partial charge in [-0.2, -0.15) is 0 Å². The molecule has 1 atom stereocenters. The number of fused-ring (bicyclic) bond motifs is 1. The summed E-state index contributed by atoms with van der Waals surface area (Å²) in [5.41, 5.74) is 2.94. The summed E-state index contributed by atoms with van der Waals surface area (Å²) in [5, 5.41) is 0. The van der Waals surface area contributed by atoms with Crippen molar-refractivity contribution in [3.63, 3.8) is 0 Å². The molecule has 1 aromatic carbocycles. The van der Waals surface area contributed by atoms with Gasteiger partial charge in [0.1, 0.15) is 5.82 Å². The summed E-state index contributed by atoms with van der Waals surface area (Å²) >= 11 is 0. The molecular formula is C28H35N5O3. The zero-order valence-corrected chi connectivity index (χ0v) is 21.0. The molecule has 1 saturated carbocycles. The van der Waals surface area contributed by atoms with E-state index in [9.17, 15) is 9.59 Å². The number of hydrogen-bond donors (Lipinski definition) is 0. The van der Waals surface area contributed by atoms with E-state index in [1.807, 2.05) is 48.2 Å². The molecule has 36 heavy (non-hydrogen) atoms. The molecule has 190 valence electrons. The van der Waals surface area contributed by atoms with E-state index in [-0.39, 0.29) is 30.5 Å². The molecule has 2 aromatic heterocycles. The minimum absolute atomic E-state index is 0.0268. The highest BCUT2D eigenvalue weighted by Gasteiger charge is 2.34. The minimum Gasteiger partial charge on any atom is -0.370 e. The van der Waals surface area contributed by atoms with Crippen molar-refractivity contribution >= 4 is 22.8 Å². The Hall–Kier alpha value is -3.26. The van der Waals surface area contributed by atoms with Crippen molar-refractivity contribution in [2.75, 3.05) is 19.6 Å². The first kappa shape index (κ1) is 24.4. The minimum atomic E-state index is -0.238. The van der Waals surface area contributed by atoms with Gasteiger partial charge < -0.3 is 19.1 Å². The average molecular weight is 490 g/mol. The topological polar surface area (TPSA) is 80.6 Å². The van der Waals surface area contributed by atoms with Crippen LogP contribution >= 0.6 is 0 Å². The highest BCUT2D eigenvalue weighted by molar-refractivity contribution is 5.85. The lowest BCUT2D eigenvalue weighted by molar-refractivity contribution is -0.140. The van der Waals surface area contributed by atoms with Gasteiger partial charge in [0.05, 0.1) is 30.3 Å². The second-order valence-corrected chi connectivity index (χ2v) is 9.96. The third-order valence-electron chi connectivity index (χ3n) is 7.44. The lowest BCUT2D eigenvalue weighted by atomic mass is 9.94. The van der Waals surface area contributed by atoms with Gasteiger partial charge in [0.25, 0.3) is 0 Å². The average Bonchev–Trinajstić information content (AvgIpc) is 3.13. The number of aromatic nitrogens is 3. The number of pyridine rings is 1. The zero-order chi connectivity index (χ0) is 24.9. The number of nitrogens with zero attached hydrogens (tertiary/aromatic N) is 5. The van der Waals surface area contributed by atoms with Crippen LogP contribution < -0.4 is 0 Å². The SMILES string of the molecule is Cc1nc2ccccc2n1CCC(=O)N1CC(=O)N(C2CCCCC2)C[C@@H](OCc2cccnc2)C1. The molecule has 2 amide bonds. The summed E-state index contributed by atoms with van der Waals surface area (Å²) in [5.74, 6) is 0.894. The van der Waals surface area contributed by atoms with E-state index in [2.05, 4.69) is 14.5 Å². The Bertz CT molecular complexity index is 1190. The maximum Gasteiger partial charge on any atom is 0.242 e. The standard InChI is InChI=1S/C28H35N5O3/c1-21-30-25-11-5-6-12-26(25)32(21)15-13-27(34)31-17-24(36-20-22-8-7-14-29-16-22)18-33(28(35)19-31)23-9-3-2-4-10-23/h5-8,11-12,14,16,23-24H,2-4,9-10,13,15,17-20H2,1H3/t24-/m0/s1. The normalized spacial score (nSPS) is 19.6. The second kappa shape index (κ2) is 11.2. The first-order valence-corrected chi connectivity index (χ1v) is 13.1. The van der Waals surface area contributed by atoms with Crippen LogP contribution in [0.4, 0.5) is 0 Å². The number of ether oxygens (including phenoxy) is 1. The number of rotatable bonds is 7. The van der Waals surface area contributed by atoms with Crippen molar-refractivity contribution in [3.05, 3.63) is 60.2 Å². The molecule has 3 aromatic rings. The van der Waals surface area contributed by atoms with E-state index in [0.29, 0.717) is 32.7 Å². The number of amides is 2. The smallest absolute Gasteiger partial charge is 0.242 e. The molecule has 0 unspecified atom stereocenters. The molecule has 0 bridgehead atoms. The van der Waals surface area contributed by atoms with Gasteiger partial charge in [-0.25, -0.2) is 4.98 Å². The zero-order valence-electron chi connectivity index (χ0n) is 21.0. The van der Waals surface area contributed by atoms with Crippen molar-refractivity contribution in [1.29, 1.82) is 0 Å². The molecule has 2 fully saturated rings. The second-order valence-electron chi connectivity index (χ2n) is 9.96. The van der Waals surface area contributed by atoms with E-state index < -0.39 is 0 Å². The fourth-order valence-corrected chi connectivity index (χ4v) is 5.53. The van der Waals surface area contributed by atoms with Crippen LogP contribution in [0.1, 0.15) is 49.9 Å². The van der Waals surface area contributed by atoms with Crippen LogP contribution in [-0.2, 0) is 27.5 Å². The van der Waals surface area contributed by atoms with Crippen molar-refractivity contribution in [2.24, 2.45) is 0 Å². The number of benzene rings is 1. The fourth-order valence-electron chi connectivity index (χ4n) is 5.53. The molecule has 1 aliphatic heterocycles. The number of hydrogen-bond acceptors (Lipinski definition) is 5. The number of imidazole rings is 1. The van der Waals surface area contributed by atoms with Gasteiger partial charge in [0.15, 0.2) is 0 Å². The lowest BCUT2D eigenvalue weighted by Gasteiger charge is -2.34. The van der Waals surface area contributed by atoms with Crippen LogP contribution in [0, 0.1) is 6.92 Å². The predicted molar refractivity (Wildman–Crippen MR) is 137 cm³/mol.